The van der Waals surface area contributed by atoms with E-state index in [2.05, 4.69) is 5.32 Å². The number of hydrogen-bond donors (Lipinski definition) is 2. The van der Waals surface area contributed by atoms with Gasteiger partial charge in [0, 0.05) is 28.2 Å². The monoisotopic (exact) mass is 325 g/mol. The van der Waals surface area contributed by atoms with Gasteiger partial charge >= 0.3 is 5.97 Å². The van der Waals surface area contributed by atoms with E-state index >= 15 is 0 Å². The fourth-order valence-electron chi connectivity index (χ4n) is 2.23. The van der Waals surface area contributed by atoms with Crippen LogP contribution in [0.15, 0.2) is 6.07 Å². The quantitative estimate of drug-likeness (QED) is 0.720. The van der Waals surface area contributed by atoms with Gasteiger partial charge in [0.1, 0.15) is 6.04 Å². The van der Waals surface area contributed by atoms with Crippen molar-refractivity contribution in [3.63, 3.8) is 0 Å². The highest BCUT2D eigenvalue weighted by atomic mass is 32.1. The highest BCUT2D eigenvalue weighted by Crippen LogP contribution is 2.22. The Bertz CT molecular complexity index is 562. The Hall–Kier alpha value is -1.69. The zero-order chi connectivity index (χ0) is 16.9. The number of thiophene rings is 1. The van der Waals surface area contributed by atoms with Crippen LogP contribution in [0.4, 0.5) is 0 Å². The van der Waals surface area contributed by atoms with Gasteiger partial charge in [0.2, 0.25) is 5.91 Å². The Balaban J connectivity index is 2.53. The van der Waals surface area contributed by atoms with Crippen LogP contribution in [0.5, 0.6) is 0 Å². The third-order valence-corrected chi connectivity index (χ3v) is 4.23. The molecule has 0 radical (unpaired) electrons. The van der Waals surface area contributed by atoms with E-state index in [0.717, 1.165) is 9.75 Å². The number of carbonyl (C=O) groups is 3. The first-order valence-corrected chi connectivity index (χ1v) is 8.14. The second kappa shape index (κ2) is 8.08. The number of carbonyl (C=O) groups excluding carboxylic acids is 2. The van der Waals surface area contributed by atoms with Crippen LogP contribution in [0.1, 0.15) is 53.2 Å². The number of carboxylic acid groups (broad SMARTS) is 1. The predicted molar refractivity (Wildman–Crippen MR) is 86.4 cm³/mol. The van der Waals surface area contributed by atoms with Crippen molar-refractivity contribution in [2.45, 2.75) is 53.0 Å². The maximum Gasteiger partial charge on any atom is 0.326 e. The molecule has 0 saturated carbocycles. The zero-order valence-electron chi connectivity index (χ0n) is 13.4. The molecular formula is C16H23NO4S. The molecule has 0 unspecified atom stereocenters. The molecule has 1 atom stereocenters. The van der Waals surface area contributed by atoms with Crippen molar-refractivity contribution in [2.75, 3.05) is 0 Å². The molecule has 2 N–H and O–H groups in total. The van der Waals surface area contributed by atoms with Crippen molar-refractivity contribution in [3.8, 4) is 0 Å². The Morgan fingerprint density at radius 1 is 1.23 bits per heavy atom. The average Bonchev–Trinajstić information content (AvgIpc) is 2.73. The summed E-state index contributed by atoms with van der Waals surface area (Å²) in [6.45, 7) is 7.61. The number of amides is 1. The van der Waals surface area contributed by atoms with Crippen LogP contribution in [0, 0.1) is 19.8 Å². The summed E-state index contributed by atoms with van der Waals surface area (Å²) >= 11 is 1.55. The molecule has 1 aromatic heterocycles. The van der Waals surface area contributed by atoms with Crippen LogP contribution < -0.4 is 5.32 Å². The number of ketones is 1. The fourth-order valence-corrected chi connectivity index (χ4v) is 3.17. The van der Waals surface area contributed by atoms with Gasteiger partial charge in [-0.2, -0.15) is 0 Å². The SMILES string of the molecule is Cc1cc(C(=O)CCC(=O)N[C@@H](CC(C)C)C(=O)O)c(C)s1. The first kappa shape index (κ1) is 18.4. The maximum absolute atomic E-state index is 12.1. The van der Waals surface area contributed by atoms with E-state index in [0.29, 0.717) is 12.0 Å². The molecule has 0 saturated heterocycles. The molecule has 6 heteroatoms. The minimum absolute atomic E-state index is 0.00897. The van der Waals surface area contributed by atoms with Gasteiger partial charge in [-0.3, -0.25) is 9.59 Å². The summed E-state index contributed by atoms with van der Waals surface area (Å²) in [6.07, 6.45) is 0.476. The molecular weight excluding hydrogens is 302 g/mol. The summed E-state index contributed by atoms with van der Waals surface area (Å²) in [6, 6.07) is 0.937. The van der Waals surface area contributed by atoms with Crippen LogP contribution in [-0.2, 0) is 9.59 Å². The molecule has 0 spiro atoms. The summed E-state index contributed by atoms with van der Waals surface area (Å²) in [5.74, 6) is -1.35. The standard InChI is InChI=1S/C16H23NO4S/c1-9(2)7-13(16(20)21)17-15(19)6-5-14(18)12-8-10(3)22-11(12)4/h8-9,13H,5-7H2,1-4H3,(H,17,19)(H,20,21)/t13-/m0/s1. The molecule has 0 bridgehead atoms. The van der Waals surface area contributed by atoms with E-state index in [1.807, 2.05) is 33.8 Å². The van der Waals surface area contributed by atoms with E-state index in [-0.39, 0.29) is 24.5 Å². The van der Waals surface area contributed by atoms with E-state index in [4.69, 9.17) is 5.11 Å². The van der Waals surface area contributed by atoms with Gasteiger partial charge in [-0.25, -0.2) is 4.79 Å². The van der Waals surface area contributed by atoms with Crippen molar-refractivity contribution in [1.82, 2.24) is 5.32 Å². The van der Waals surface area contributed by atoms with Gasteiger partial charge < -0.3 is 10.4 Å². The lowest BCUT2D eigenvalue weighted by Crippen LogP contribution is -2.41. The normalized spacial score (nSPS) is 12.2. The zero-order valence-corrected chi connectivity index (χ0v) is 14.3. The van der Waals surface area contributed by atoms with Gasteiger partial charge in [0.25, 0.3) is 0 Å². The molecule has 0 aliphatic heterocycles. The van der Waals surface area contributed by atoms with Crippen LogP contribution >= 0.6 is 11.3 Å². The summed E-state index contributed by atoms with van der Waals surface area (Å²) in [5.41, 5.74) is 0.660. The summed E-state index contributed by atoms with van der Waals surface area (Å²) in [7, 11) is 0. The summed E-state index contributed by atoms with van der Waals surface area (Å²) in [4.78, 5) is 37.0. The lowest BCUT2D eigenvalue weighted by atomic mass is 10.0. The highest BCUT2D eigenvalue weighted by Gasteiger charge is 2.21. The van der Waals surface area contributed by atoms with Gasteiger partial charge in [-0.05, 0) is 32.3 Å². The van der Waals surface area contributed by atoms with E-state index in [1.54, 1.807) is 11.3 Å². The van der Waals surface area contributed by atoms with Crippen molar-refractivity contribution in [3.05, 3.63) is 21.4 Å². The average molecular weight is 325 g/mol. The topological polar surface area (TPSA) is 83.5 Å². The molecule has 1 aromatic rings. The molecule has 1 amide bonds. The Labute approximate surface area is 134 Å². The molecule has 1 heterocycles. The second-order valence-corrected chi connectivity index (χ2v) is 7.30. The molecule has 1 rings (SSSR count). The van der Waals surface area contributed by atoms with E-state index < -0.39 is 17.9 Å². The Morgan fingerprint density at radius 3 is 2.32 bits per heavy atom. The first-order valence-electron chi connectivity index (χ1n) is 7.33. The lowest BCUT2D eigenvalue weighted by molar-refractivity contribution is -0.142. The maximum atomic E-state index is 12.1. The second-order valence-electron chi connectivity index (χ2n) is 5.84. The number of rotatable bonds is 8. The van der Waals surface area contributed by atoms with Crippen molar-refractivity contribution >= 4 is 29.0 Å². The Kier molecular flexibility index (Phi) is 6.74. The number of nitrogens with one attached hydrogen (secondary N) is 1. The largest absolute Gasteiger partial charge is 0.480 e. The minimum atomic E-state index is -1.04. The van der Waals surface area contributed by atoms with Crippen LogP contribution in [0.3, 0.4) is 0 Å². The van der Waals surface area contributed by atoms with Gasteiger partial charge in [0.05, 0.1) is 0 Å². The van der Waals surface area contributed by atoms with Gasteiger partial charge in [-0.15, -0.1) is 11.3 Å². The molecule has 5 nitrogen and oxygen atoms in total. The molecule has 122 valence electrons. The molecule has 22 heavy (non-hydrogen) atoms. The number of aryl methyl sites for hydroxylation is 2. The molecule has 0 aliphatic rings. The number of hydrogen-bond acceptors (Lipinski definition) is 4. The molecule has 0 aliphatic carbocycles. The molecule has 0 fully saturated rings. The molecule has 0 aromatic carbocycles. The number of carboxylic acids is 1. The van der Waals surface area contributed by atoms with Crippen LogP contribution in [0.25, 0.3) is 0 Å². The first-order chi connectivity index (χ1) is 10.2. The van der Waals surface area contributed by atoms with E-state index in [9.17, 15) is 14.4 Å². The van der Waals surface area contributed by atoms with Crippen LogP contribution in [0.2, 0.25) is 0 Å². The smallest absolute Gasteiger partial charge is 0.326 e. The van der Waals surface area contributed by atoms with Crippen molar-refractivity contribution in [1.29, 1.82) is 0 Å². The summed E-state index contributed by atoms with van der Waals surface area (Å²) in [5, 5.41) is 11.6. The predicted octanol–water partition coefficient (Wildman–Crippen LogP) is 2.94. The number of aliphatic carboxylic acids is 1. The third kappa shape index (κ3) is 5.60. The van der Waals surface area contributed by atoms with Gasteiger partial charge in [0.15, 0.2) is 5.78 Å². The minimum Gasteiger partial charge on any atom is -0.480 e. The fraction of sp³-hybridized carbons (Fsp3) is 0.562. The van der Waals surface area contributed by atoms with Crippen LogP contribution in [-0.4, -0.2) is 28.8 Å². The lowest BCUT2D eigenvalue weighted by Gasteiger charge is -2.16. The number of Topliss-reactive ketones (excluding diaryl/α,β-unsaturated/α-hetero) is 1. The van der Waals surface area contributed by atoms with Gasteiger partial charge in [-0.1, -0.05) is 13.8 Å². The van der Waals surface area contributed by atoms with Crippen molar-refractivity contribution in [2.24, 2.45) is 5.92 Å². The highest BCUT2D eigenvalue weighted by molar-refractivity contribution is 7.12. The summed E-state index contributed by atoms with van der Waals surface area (Å²) < 4.78 is 0. The van der Waals surface area contributed by atoms with Crippen molar-refractivity contribution < 1.29 is 19.5 Å². The third-order valence-electron chi connectivity index (χ3n) is 3.26. The Morgan fingerprint density at radius 2 is 1.86 bits per heavy atom. The van der Waals surface area contributed by atoms with E-state index in [1.165, 1.54) is 0 Å².